The third kappa shape index (κ3) is 4.59. The number of sulfonamides is 1. The number of anilines is 1. The normalized spacial score (nSPS) is 14.6. The minimum absolute atomic E-state index is 0.138. The van der Waals surface area contributed by atoms with Crippen LogP contribution in [0.15, 0.2) is 53.4 Å². The van der Waals surface area contributed by atoms with Crippen molar-refractivity contribution in [1.82, 2.24) is 9.80 Å². The van der Waals surface area contributed by atoms with Crippen LogP contribution in [0.1, 0.15) is 11.1 Å². The molecule has 2 aromatic carbocycles. The highest BCUT2D eigenvalue weighted by atomic mass is 32.2. The number of aryl methyl sites for hydroxylation is 2. The van der Waals surface area contributed by atoms with Crippen LogP contribution in [-0.4, -0.2) is 63.3 Å². The smallest absolute Gasteiger partial charge is 0.264 e. The SMILES string of the molecule is Cc1ccc(N(CC(=O)N2CCN(C=O)CC2)S(=O)(=O)c2ccccc2)c(C)c1. The number of amides is 2. The molecule has 1 saturated heterocycles. The van der Waals surface area contributed by atoms with Crippen LogP contribution in [0.5, 0.6) is 0 Å². The van der Waals surface area contributed by atoms with Crippen molar-refractivity contribution in [2.45, 2.75) is 18.7 Å². The lowest BCUT2D eigenvalue weighted by Crippen LogP contribution is -2.51. The van der Waals surface area contributed by atoms with Crippen LogP contribution in [0.25, 0.3) is 0 Å². The molecule has 0 atom stereocenters. The van der Waals surface area contributed by atoms with Gasteiger partial charge in [0.25, 0.3) is 10.0 Å². The molecule has 29 heavy (non-hydrogen) atoms. The number of carbonyl (C=O) groups excluding carboxylic acids is 2. The Hall–Kier alpha value is -2.87. The predicted octanol–water partition coefficient (Wildman–Crippen LogP) is 1.80. The minimum atomic E-state index is -3.92. The second-order valence-corrected chi connectivity index (χ2v) is 9.00. The third-order valence-electron chi connectivity index (χ3n) is 5.05. The molecule has 154 valence electrons. The fourth-order valence-corrected chi connectivity index (χ4v) is 4.90. The Morgan fingerprint density at radius 2 is 1.69 bits per heavy atom. The van der Waals surface area contributed by atoms with Gasteiger partial charge in [-0.25, -0.2) is 8.42 Å². The molecule has 0 aromatic heterocycles. The summed E-state index contributed by atoms with van der Waals surface area (Å²) in [5.41, 5.74) is 2.28. The summed E-state index contributed by atoms with van der Waals surface area (Å²) in [7, 11) is -3.92. The first-order chi connectivity index (χ1) is 13.8. The first-order valence-corrected chi connectivity index (χ1v) is 10.9. The summed E-state index contributed by atoms with van der Waals surface area (Å²) < 4.78 is 28.0. The topological polar surface area (TPSA) is 78.0 Å². The summed E-state index contributed by atoms with van der Waals surface area (Å²) in [6.45, 7) is 5.16. The van der Waals surface area contributed by atoms with E-state index < -0.39 is 10.0 Å². The summed E-state index contributed by atoms with van der Waals surface area (Å²) in [6, 6.07) is 13.6. The van der Waals surface area contributed by atoms with Gasteiger partial charge in [-0.05, 0) is 37.6 Å². The van der Waals surface area contributed by atoms with Crippen LogP contribution in [0, 0.1) is 13.8 Å². The van der Waals surface area contributed by atoms with E-state index in [9.17, 15) is 18.0 Å². The van der Waals surface area contributed by atoms with Crippen LogP contribution in [-0.2, 0) is 19.6 Å². The molecule has 1 aliphatic heterocycles. The lowest BCUT2D eigenvalue weighted by molar-refractivity contribution is -0.133. The van der Waals surface area contributed by atoms with Gasteiger partial charge in [0.1, 0.15) is 6.54 Å². The highest BCUT2D eigenvalue weighted by molar-refractivity contribution is 7.92. The molecule has 1 heterocycles. The zero-order valence-corrected chi connectivity index (χ0v) is 17.4. The Kier molecular flexibility index (Phi) is 6.22. The maximum Gasteiger partial charge on any atom is 0.264 e. The van der Waals surface area contributed by atoms with Crippen molar-refractivity contribution in [3.8, 4) is 0 Å². The zero-order chi connectivity index (χ0) is 21.0. The Balaban J connectivity index is 1.93. The summed E-state index contributed by atoms with van der Waals surface area (Å²) in [6.07, 6.45) is 0.768. The van der Waals surface area contributed by atoms with E-state index in [4.69, 9.17) is 0 Å². The molecule has 8 heteroatoms. The molecule has 0 N–H and O–H groups in total. The average molecular weight is 416 g/mol. The molecule has 0 radical (unpaired) electrons. The van der Waals surface area contributed by atoms with Gasteiger partial charge in [-0.2, -0.15) is 0 Å². The molecule has 0 spiro atoms. The quantitative estimate of drug-likeness (QED) is 0.674. The van der Waals surface area contributed by atoms with Crippen LogP contribution in [0.2, 0.25) is 0 Å². The van der Waals surface area contributed by atoms with Gasteiger partial charge in [0.05, 0.1) is 10.6 Å². The van der Waals surface area contributed by atoms with E-state index in [0.29, 0.717) is 31.9 Å². The van der Waals surface area contributed by atoms with E-state index in [-0.39, 0.29) is 17.3 Å². The summed E-state index contributed by atoms with van der Waals surface area (Å²) in [5, 5.41) is 0. The molecule has 7 nitrogen and oxygen atoms in total. The van der Waals surface area contributed by atoms with Gasteiger partial charge in [-0.1, -0.05) is 35.9 Å². The third-order valence-corrected chi connectivity index (χ3v) is 6.82. The first-order valence-electron chi connectivity index (χ1n) is 9.45. The summed E-state index contributed by atoms with van der Waals surface area (Å²) >= 11 is 0. The number of benzene rings is 2. The minimum Gasteiger partial charge on any atom is -0.342 e. The van der Waals surface area contributed by atoms with Crippen molar-refractivity contribution in [3.05, 3.63) is 59.7 Å². The van der Waals surface area contributed by atoms with E-state index in [1.165, 1.54) is 16.4 Å². The monoisotopic (exact) mass is 415 g/mol. The molecule has 2 aromatic rings. The second kappa shape index (κ2) is 8.65. The van der Waals surface area contributed by atoms with Crippen molar-refractivity contribution < 1.29 is 18.0 Å². The van der Waals surface area contributed by atoms with E-state index in [1.54, 1.807) is 34.1 Å². The molecule has 1 fully saturated rings. The Morgan fingerprint density at radius 1 is 1.03 bits per heavy atom. The first kappa shape index (κ1) is 20.9. The highest BCUT2D eigenvalue weighted by Gasteiger charge is 2.30. The van der Waals surface area contributed by atoms with Gasteiger partial charge >= 0.3 is 0 Å². The van der Waals surface area contributed by atoms with Gasteiger partial charge < -0.3 is 9.80 Å². The maximum absolute atomic E-state index is 13.4. The second-order valence-electron chi connectivity index (χ2n) is 7.14. The van der Waals surface area contributed by atoms with Crippen molar-refractivity contribution in [3.63, 3.8) is 0 Å². The number of piperazine rings is 1. The standard InChI is InChI=1S/C21H25N3O4S/c1-17-8-9-20(18(2)14-17)24(29(27,28)19-6-4-3-5-7-19)15-21(26)23-12-10-22(16-25)11-13-23/h3-9,14,16H,10-13,15H2,1-2H3. The lowest BCUT2D eigenvalue weighted by Gasteiger charge is -2.34. The Morgan fingerprint density at radius 3 is 2.28 bits per heavy atom. The molecule has 3 rings (SSSR count). The number of hydrogen-bond acceptors (Lipinski definition) is 4. The van der Waals surface area contributed by atoms with Crippen molar-refractivity contribution >= 4 is 28.0 Å². The molecular formula is C21H25N3O4S. The predicted molar refractivity (Wildman–Crippen MR) is 111 cm³/mol. The van der Waals surface area contributed by atoms with Crippen molar-refractivity contribution in [2.24, 2.45) is 0 Å². The van der Waals surface area contributed by atoms with Crippen LogP contribution in [0.4, 0.5) is 5.69 Å². The maximum atomic E-state index is 13.4. The average Bonchev–Trinajstić information content (AvgIpc) is 2.73. The van der Waals surface area contributed by atoms with Crippen LogP contribution in [0.3, 0.4) is 0 Å². The van der Waals surface area contributed by atoms with Crippen molar-refractivity contribution in [1.29, 1.82) is 0 Å². The fraction of sp³-hybridized carbons (Fsp3) is 0.333. The van der Waals surface area contributed by atoms with Crippen LogP contribution >= 0.6 is 0 Å². The zero-order valence-electron chi connectivity index (χ0n) is 16.6. The number of carbonyl (C=O) groups is 2. The summed E-state index contributed by atoms with van der Waals surface area (Å²) in [5.74, 6) is -0.282. The molecule has 2 amide bonds. The van der Waals surface area contributed by atoms with E-state index in [0.717, 1.165) is 17.5 Å². The van der Waals surface area contributed by atoms with Gasteiger partial charge in [-0.3, -0.25) is 13.9 Å². The van der Waals surface area contributed by atoms with Gasteiger partial charge in [-0.15, -0.1) is 0 Å². The number of hydrogen-bond donors (Lipinski definition) is 0. The van der Waals surface area contributed by atoms with E-state index in [2.05, 4.69) is 0 Å². The molecule has 0 aliphatic carbocycles. The van der Waals surface area contributed by atoms with Gasteiger partial charge in [0, 0.05) is 26.2 Å². The van der Waals surface area contributed by atoms with Gasteiger partial charge in [0.15, 0.2) is 0 Å². The fourth-order valence-electron chi connectivity index (χ4n) is 3.40. The Bertz CT molecular complexity index is 984. The highest BCUT2D eigenvalue weighted by Crippen LogP contribution is 2.27. The molecule has 0 saturated carbocycles. The Labute approximate surface area is 171 Å². The largest absolute Gasteiger partial charge is 0.342 e. The number of nitrogens with zero attached hydrogens (tertiary/aromatic N) is 3. The number of rotatable bonds is 6. The van der Waals surface area contributed by atoms with Crippen molar-refractivity contribution in [2.75, 3.05) is 37.0 Å². The molecule has 0 bridgehead atoms. The molecular weight excluding hydrogens is 390 g/mol. The van der Waals surface area contributed by atoms with Crippen LogP contribution < -0.4 is 4.31 Å². The summed E-state index contributed by atoms with van der Waals surface area (Å²) in [4.78, 5) is 27.2. The lowest BCUT2D eigenvalue weighted by atomic mass is 10.1. The molecule has 0 unspecified atom stereocenters. The molecule has 1 aliphatic rings. The van der Waals surface area contributed by atoms with E-state index >= 15 is 0 Å². The van der Waals surface area contributed by atoms with Gasteiger partial charge in [0.2, 0.25) is 12.3 Å². The van der Waals surface area contributed by atoms with E-state index in [1.807, 2.05) is 26.0 Å².